The quantitative estimate of drug-likeness (QED) is 0.596. The molecule has 0 heterocycles. The van der Waals surface area contributed by atoms with Crippen LogP contribution < -0.4 is 0 Å². The molecule has 2 saturated carbocycles. The number of rotatable bonds is 3. The van der Waals surface area contributed by atoms with E-state index in [-0.39, 0.29) is 17.6 Å². The standard InChI is InChI=1S/C13H20O4/c1-3-4-8-7-10(14)9-5-6-13(8,11(9)15)12(16)17-2/h8-10,14H,3-7H2,1-2H3/t8-,9+,10+,13+/m1/s1. The molecule has 4 atom stereocenters. The highest BCUT2D eigenvalue weighted by atomic mass is 16.5. The van der Waals surface area contributed by atoms with E-state index in [1.807, 2.05) is 6.92 Å². The van der Waals surface area contributed by atoms with Gasteiger partial charge >= 0.3 is 5.97 Å². The highest BCUT2D eigenvalue weighted by molar-refractivity contribution is 6.07. The van der Waals surface area contributed by atoms with E-state index in [2.05, 4.69) is 0 Å². The van der Waals surface area contributed by atoms with Crippen molar-refractivity contribution in [3.05, 3.63) is 0 Å². The number of fused-ring (bicyclic) bond motifs is 2. The average Bonchev–Trinajstić information content (AvgIpc) is 2.58. The average molecular weight is 240 g/mol. The molecule has 2 aliphatic rings. The molecule has 0 radical (unpaired) electrons. The molecule has 2 aliphatic carbocycles. The Kier molecular flexibility index (Phi) is 3.25. The van der Waals surface area contributed by atoms with Crippen molar-refractivity contribution >= 4 is 11.8 Å². The van der Waals surface area contributed by atoms with Gasteiger partial charge in [0.2, 0.25) is 0 Å². The molecule has 0 amide bonds. The maximum absolute atomic E-state index is 12.3. The summed E-state index contributed by atoms with van der Waals surface area (Å²) < 4.78 is 4.85. The third-order valence-electron chi connectivity index (χ3n) is 4.50. The first-order valence-electron chi connectivity index (χ1n) is 6.38. The molecule has 1 N–H and O–H groups in total. The summed E-state index contributed by atoms with van der Waals surface area (Å²) in [4.78, 5) is 24.4. The van der Waals surface area contributed by atoms with Crippen molar-refractivity contribution in [1.29, 1.82) is 0 Å². The van der Waals surface area contributed by atoms with Crippen LogP contribution in [0.1, 0.15) is 39.0 Å². The van der Waals surface area contributed by atoms with Crippen molar-refractivity contribution in [1.82, 2.24) is 0 Å². The summed E-state index contributed by atoms with van der Waals surface area (Å²) in [7, 11) is 1.34. The molecule has 0 aromatic carbocycles. The maximum atomic E-state index is 12.3. The van der Waals surface area contributed by atoms with Crippen LogP contribution in [-0.2, 0) is 14.3 Å². The predicted octanol–water partition coefficient (Wildman–Crippen LogP) is 1.31. The van der Waals surface area contributed by atoms with Crippen LogP contribution >= 0.6 is 0 Å². The Hall–Kier alpha value is -0.900. The lowest BCUT2D eigenvalue weighted by molar-refractivity contribution is -0.166. The summed E-state index contributed by atoms with van der Waals surface area (Å²) in [5.41, 5.74) is -0.950. The number of ether oxygens (including phenoxy) is 1. The number of esters is 1. The van der Waals surface area contributed by atoms with E-state index in [1.54, 1.807) is 0 Å². The first kappa shape index (κ1) is 12.6. The minimum Gasteiger partial charge on any atom is -0.468 e. The van der Waals surface area contributed by atoms with Gasteiger partial charge in [0.25, 0.3) is 0 Å². The topological polar surface area (TPSA) is 63.6 Å². The molecule has 0 saturated heterocycles. The Labute approximate surface area is 101 Å². The zero-order chi connectivity index (χ0) is 12.6. The Morgan fingerprint density at radius 2 is 2.29 bits per heavy atom. The lowest BCUT2D eigenvalue weighted by atomic mass is 9.64. The number of aliphatic hydroxyl groups excluding tert-OH is 1. The maximum Gasteiger partial charge on any atom is 0.319 e. The van der Waals surface area contributed by atoms with Crippen LogP contribution in [0.4, 0.5) is 0 Å². The van der Waals surface area contributed by atoms with Crippen LogP contribution in [0, 0.1) is 17.3 Å². The highest BCUT2D eigenvalue weighted by Gasteiger charge is 2.63. The van der Waals surface area contributed by atoms with Crippen LogP contribution in [0.15, 0.2) is 0 Å². The van der Waals surface area contributed by atoms with Crippen LogP contribution in [0.3, 0.4) is 0 Å². The second-order valence-corrected chi connectivity index (χ2v) is 5.26. The van der Waals surface area contributed by atoms with Crippen LogP contribution in [0.25, 0.3) is 0 Å². The smallest absolute Gasteiger partial charge is 0.319 e. The first-order chi connectivity index (χ1) is 8.07. The Morgan fingerprint density at radius 3 is 2.88 bits per heavy atom. The van der Waals surface area contributed by atoms with E-state index in [1.165, 1.54) is 7.11 Å². The highest BCUT2D eigenvalue weighted by Crippen LogP contribution is 2.54. The Morgan fingerprint density at radius 1 is 1.59 bits per heavy atom. The van der Waals surface area contributed by atoms with Gasteiger partial charge in [-0.3, -0.25) is 9.59 Å². The number of carbonyl (C=O) groups excluding carboxylic acids is 2. The van der Waals surface area contributed by atoms with Gasteiger partial charge in [-0.25, -0.2) is 0 Å². The van der Waals surface area contributed by atoms with Gasteiger partial charge in [0.1, 0.15) is 5.41 Å². The number of ketones is 1. The molecule has 2 fully saturated rings. The minimum atomic E-state index is -0.950. The Balaban J connectivity index is 2.37. The predicted molar refractivity (Wildman–Crippen MR) is 61.2 cm³/mol. The number of methoxy groups -OCH3 is 1. The minimum absolute atomic E-state index is 0.0544. The monoisotopic (exact) mass is 240 g/mol. The molecule has 0 aromatic heterocycles. The summed E-state index contributed by atoms with van der Waals surface area (Å²) in [5.74, 6) is -0.875. The van der Waals surface area contributed by atoms with E-state index in [0.29, 0.717) is 19.3 Å². The third-order valence-corrected chi connectivity index (χ3v) is 4.50. The SMILES string of the molecule is CCC[C@@H]1C[C@H](O)[C@@H]2CC[C@@]1(C(=O)OC)C2=O. The number of Topliss-reactive ketones (excluding diaryl/α,β-unsaturated/α-hetero) is 1. The van der Waals surface area contributed by atoms with Crippen LogP contribution in [0.5, 0.6) is 0 Å². The van der Waals surface area contributed by atoms with Crippen molar-refractivity contribution in [3.8, 4) is 0 Å². The van der Waals surface area contributed by atoms with Crippen molar-refractivity contribution in [2.24, 2.45) is 17.3 Å². The van der Waals surface area contributed by atoms with E-state index in [0.717, 1.165) is 12.8 Å². The molecule has 96 valence electrons. The van der Waals surface area contributed by atoms with Crippen LogP contribution in [0.2, 0.25) is 0 Å². The lowest BCUT2D eigenvalue weighted by Gasteiger charge is -2.39. The van der Waals surface area contributed by atoms with E-state index in [4.69, 9.17) is 4.74 Å². The molecule has 0 spiro atoms. The zero-order valence-electron chi connectivity index (χ0n) is 10.4. The molecule has 4 heteroatoms. The van der Waals surface area contributed by atoms with Crippen LogP contribution in [-0.4, -0.2) is 30.1 Å². The molecular formula is C13H20O4. The summed E-state index contributed by atoms with van der Waals surface area (Å²) in [5, 5.41) is 9.96. The normalized spacial score (nSPS) is 40.4. The van der Waals surface area contributed by atoms with Crippen molar-refractivity contribution in [3.63, 3.8) is 0 Å². The number of carbonyl (C=O) groups is 2. The van der Waals surface area contributed by atoms with Gasteiger partial charge in [0, 0.05) is 5.92 Å². The van der Waals surface area contributed by atoms with E-state index in [9.17, 15) is 14.7 Å². The van der Waals surface area contributed by atoms with Crippen molar-refractivity contribution in [2.75, 3.05) is 7.11 Å². The van der Waals surface area contributed by atoms with Gasteiger partial charge in [-0.2, -0.15) is 0 Å². The molecule has 0 aliphatic heterocycles. The first-order valence-corrected chi connectivity index (χ1v) is 6.38. The summed E-state index contributed by atoms with van der Waals surface area (Å²) in [6.07, 6.45) is 2.86. The molecule has 4 nitrogen and oxygen atoms in total. The summed E-state index contributed by atoms with van der Waals surface area (Å²) >= 11 is 0. The van der Waals surface area contributed by atoms with Crippen molar-refractivity contribution in [2.45, 2.75) is 45.1 Å². The van der Waals surface area contributed by atoms with Gasteiger partial charge in [-0.05, 0) is 31.6 Å². The largest absolute Gasteiger partial charge is 0.468 e. The fourth-order valence-electron chi connectivity index (χ4n) is 3.66. The fourth-order valence-corrected chi connectivity index (χ4v) is 3.66. The van der Waals surface area contributed by atoms with Gasteiger partial charge in [-0.15, -0.1) is 0 Å². The summed E-state index contributed by atoms with van der Waals surface area (Å²) in [6, 6.07) is 0. The van der Waals surface area contributed by atoms with E-state index < -0.39 is 17.5 Å². The van der Waals surface area contributed by atoms with Gasteiger partial charge in [-0.1, -0.05) is 13.3 Å². The summed E-state index contributed by atoms with van der Waals surface area (Å²) in [6.45, 7) is 2.03. The molecular weight excluding hydrogens is 220 g/mol. The lowest BCUT2D eigenvalue weighted by Crippen LogP contribution is -2.51. The number of hydrogen-bond acceptors (Lipinski definition) is 4. The molecule has 0 aromatic rings. The molecule has 0 unspecified atom stereocenters. The zero-order valence-corrected chi connectivity index (χ0v) is 10.4. The number of hydrogen-bond donors (Lipinski definition) is 1. The third kappa shape index (κ3) is 1.61. The molecule has 2 bridgehead atoms. The van der Waals surface area contributed by atoms with E-state index >= 15 is 0 Å². The second-order valence-electron chi connectivity index (χ2n) is 5.26. The molecule has 2 rings (SSSR count). The number of aliphatic hydroxyl groups is 1. The molecule has 17 heavy (non-hydrogen) atoms. The second kappa shape index (κ2) is 4.41. The van der Waals surface area contributed by atoms with Gasteiger partial charge in [0.05, 0.1) is 13.2 Å². The van der Waals surface area contributed by atoms with Crippen molar-refractivity contribution < 1.29 is 19.4 Å². The Bertz CT molecular complexity index is 338. The van der Waals surface area contributed by atoms with Gasteiger partial charge < -0.3 is 9.84 Å². The fraction of sp³-hybridized carbons (Fsp3) is 0.846. The van der Waals surface area contributed by atoms with Gasteiger partial charge in [0.15, 0.2) is 5.78 Å².